The molecule has 0 radical (unpaired) electrons. The molecule has 2 amide bonds. The molecule has 24 heavy (non-hydrogen) atoms. The fourth-order valence-corrected chi connectivity index (χ4v) is 2.74. The van der Waals surface area contributed by atoms with E-state index in [2.05, 4.69) is 6.92 Å². The Bertz CT molecular complexity index is 670. The number of anilines is 1. The molecule has 126 valence electrons. The van der Waals surface area contributed by atoms with Gasteiger partial charge in [-0.25, -0.2) is 9.69 Å². The third-order valence-electron chi connectivity index (χ3n) is 4.23. The summed E-state index contributed by atoms with van der Waals surface area (Å²) in [7, 11) is 0. The molecule has 0 saturated carbocycles. The summed E-state index contributed by atoms with van der Waals surface area (Å²) in [6, 6.07) is 6.23. The van der Waals surface area contributed by atoms with Crippen molar-refractivity contribution in [2.45, 2.75) is 19.8 Å². The van der Waals surface area contributed by atoms with Crippen molar-refractivity contribution in [2.75, 3.05) is 24.7 Å². The molecule has 0 aromatic heterocycles. The maximum absolute atomic E-state index is 12.0. The van der Waals surface area contributed by atoms with Crippen LogP contribution in [0, 0.1) is 5.41 Å². The van der Waals surface area contributed by atoms with Crippen LogP contribution in [0.3, 0.4) is 0 Å². The van der Waals surface area contributed by atoms with E-state index in [1.54, 1.807) is 24.3 Å². The van der Waals surface area contributed by atoms with Crippen LogP contribution in [-0.4, -0.2) is 37.6 Å². The summed E-state index contributed by atoms with van der Waals surface area (Å²) < 4.78 is 10.4. The monoisotopic (exact) mass is 329 g/mol. The molecule has 6 heteroatoms. The molecule has 0 unspecified atom stereocenters. The number of esters is 1. The molecule has 0 aliphatic carbocycles. The molecule has 1 aromatic carbocycles. The molecule has 2 heterocycles. The first-order valence-electron chi connectivity index (χ1n) is 7.90. The second-order valence-electron chi connectivity index (χ2n) is 6.44. The molecule has 1 fully saturated rings. The summed E-state index contributed by atoms with van der Waals surface area (Å²) in [6.07, 6.45) is 4.20. The van der Waals surface area contributed by atoms with Crippen LogP contribution in [0.25, 0.3) is 0 Å². The molecule has 1 saturated heterocycles. The van der Waals surface area contributed by atoms with Crippen molar-refractivity contribution in [3.05, 3.63) is 42.0 Å². The Hall–Kier alpha value is -2.47. The van der Waals surface area contributed by atoms with E-state index in [1.165, 1.54) is 12.2 Å². The lowest BCUT2D eigenvalue weighted by Crippen LogP contribution is -2.39. The van der Waals surface area contributed by atoms with Gasteiger partial charge in [-0.05, 0) is 37.1 Å². The van der Waals surface area contributed by atoms with Crippen molar-refractivity contribution in [3.8, 4) is 0 Å². The highest BCUT2D eigenvalue weighted by Crippen LogP contribution is 2.31. The molecule has 0 atom stereocenters. The number of carbonyl (C=O) groups is 3. The number of imide groups is 1. The van der Waals surface area contributed by atoms with Gasteiger partial charge in [0.2, 0.25) is 0 Å². The number of hydrogen-bond acceptors (Lipinski definition) is 5. The average molecular weight is 329 g/mol. The van der Waals surface area contributed by atoms with E-state index >= 15 is 0 Å². The van der Waals surface area contributed by atoms with Crippen molar-refractivity contribution >= 4 is 23.5 Å². The van der Waals surface area contributed by atoms with E-state index in [0.717, 1.165) is 31.0 Å². The zero-order valence-corrected chi connectivity index (χ0v) is 13.5. The van der Waals surface area contributed by atoms with Gasteiger partial charge in [0.25, 0.3) is 11.8 Å². The number of hydrogen-bond donors (Lipinski definition) is 0. The molecule has 0 spiro atoms. The number of nitrogens with zero attached hydrogens (tertiary/aromatic N) is 1. The van der Waals surface area contributed by atoms with Crippen LogP contribution in [0.2, 0.25) is 0 Å². The van der Waals surface area contributed by atoms with E-state index in [-0.39, 0.29) is 17.2 Å². The van der Waals surface area contributed by atoms with E-state index in [0.29, 0.717) is 17.9 Å². The highest BCUT2D eigenvalue weighted by atomic mass is 16.5. The minimum atomic E-state index is -0.409. The molecular formula is C18H19NO5. The smallest absolute Gasteiger partial charge is 0.338 e. The Labute approximate surface area is 140 Å². The minimum absolute atomic E-state index is 0.219. The molecule has 0 N–H and O–H groups in total. The number of rotatable bonds is 6. The fraction of sp³-hybridized carbons (Fsp3) is 0.389. The fourth-order valence-electron chi connectivity index (χ4n) is 2.74. The topological polar surface area (TPSA) is 72.9 Å². The van der Waals surface area contributed by atoms with Crippen molar-refractivity contribution < 1.29 is 23.9 Å². The van der Waals surface area contributed by atoms with Gasteiger partial charge < -0.3 is 9.47 Å². The Morgan fingerprint density at radius 3 is 2.33 bits per heavy atom. The molecular weight excluding hydrogens is 310 g/mol. The molecule has 2 aliphatic heterocycles. The molecule has 1 aromatic rings. The summed E-state index contributed by atoms with van der Waals surface area (Å²) in [5.74, 6) is -1.18. The lowest BCUT2D eigenvalue weighted by Gasteiger charge is -2.38. The normalized spacial score (nSPS) is 18.6. The van der Waals surface area contributed by atoms with Crippen molar-refractivity contribution in [1.82, 2.24) is 0 Å². The highest BCUT2D eigenvalue weighted by molar-refractivity contribution is 6.28. The minimum Gasteiger partial charge on any atom is -0.462 e. The lowest BCUT2D eigenvalue weighted by molar-refractivity contribution is -0.119. The summed E-state index contributed by atoms with van der Waals surface area (Å²) in [4.78, 5) is 36.3. The van der Waals surface area contributed by atoms with Crippen LogP contribution in [0.1, 0.15) is 30.1 Å². The van der Waals surface area contributed by atoms with Crippen LogP contribution in [-0.2, 0) is 19.1 Å². The third-order valence-corrected chi connectivity index (χ3v) is 4.23. The van der Waals surface area contributed by atoms with Gasteiger partial charge in [0, 0.05) is 17.6 Å². The zero-order chi connectivity index (χ0) is 17.2. The Morgan fingerprint density at radius 2 is 1.79 bits per heavy atom. The van der Waals surface area contributed by atoms with Crippen LogP contribution >= 0.6 is 0 Å². The molecule has 6 nitrogen and oxygen atoms in total. The average Bonchev–Trinajstić information content (AvgIpc) is 2.88. The van der Waals surface area contributed by atoms with Crippen LogP contribution < -0.4 is 4.90 Å². The van der Waals surface area contributed by atoms with Gasteiger partial charge in [0.05, 0.1) is 31.1 Å². The lowest BCUT2D eigenvalue weighted by atomic mass is 9.84. The second-order valence-corrected chi connectivity index (χ2v) is 6.44. The zero-order valence-electron chi connectivity index (χ0n) is 13.5. The SMILES string of the molecule is CC1(CCCOC(=O)c2ccc(N3C(=O)C=CC3=O)cc2)COC1. The first kappa shape index (κ1) is 16.4. The van der Waals surface area contributed by atoms with E-state index < -0.39 is 5.97 Å². The van der Waals surface area contributed by atoms with Gasteiger partial charge in [0.1, 0.15) is 0 Å². The summed E-state index contributed by atoms with van der Waals surface area (Å²) >= 11 is 0. The van der Waals surface area contributed by atoms with E-state index in [1.807, 2.05) is 0 Å². The van der Waals surface area contributed by atoms with Gasteiger partial charge >= 0.3 is 5.97 Å². The van der Waals surface area contributed by atoms with Crippen molar-refractivity contribution in [2.24, 2.45) is 5.41 Å². The van der Waals surface area contributed by atoms with Gasteiger partial charge in [0.15, 0.2) is 0 Å². The standard InChI is InChI=1S/C18H19NO5/c1-18(11-23-12-18)9-2-10-24-17(22)13-3-5-14(6-4-13)19-15(20)7-8-16(19)21/h3-8H,2,9-12H2,1H3. The number of carbonyl (C=O) groups excluding carboxylic acids is 3. The number of ether oxygens (including phenoxy) is 2. The summed E-state index contributed by atoms with van der Waals surface area (Å²) in [5.41, 5.74) is 1.05. The predicted octanol–water partition coefficient (Wildman–Crippen LogP) is 2.09. The van der Waals surface area contributed by atoms with E-state index in [4.69, 9.17) is 9.47 Å². The molecule has 2 aliphatic rings. The summed E-state index contributed by atoms with van der Waals surface area (Å²) in [6.45, 7) is 4.06. The van der Waals surface area contributed by atoms with Gasteiger partial charge in [-0.2, -0.15) is 0 Å². The number of amides is 2. The first-order valence-corrected chi connectivity index (χ1v) is 7.90. The Kier molecular flexibility index (Phi) is 4.49. The quantitative estimate of drug-likeness (QED) is 0.454. The number of benzene rings is 1. The third kappa shape index (κ3) is 3.38. The largest absolute Gasteiger partial charge is 0.462 e. The van der Waals surface area contributed by atoms with Crippen molar-refractivity contribution in [3.63, 3.8) is 0 Å². The molecule has 3 rings (SSSR count). The predicted molar refractivity (Wildman–Crippen MR) is 86.5 cm³/mol. The van der Waals surface area contributed by atoms with Crippen LogP contribution in [0.5, 0.6) is 0 Å². The summed E-state index contributed by atoms with van der Waals surface area (Å²) in [5, 5.41) is 0. The maximum Gasteiger partial charge on any atom is 0.338 e. The van der Waals surface area contributed by atoms with Crippen molar-refractivity contribution in [1.29, 1.82) is 0 Å². The van der Waals surface area contributed by atoms with Crippen LogP contribution in [0.4, 0.5) is 5.69 Å². The van der Waals surface area contributed by atoms with Gasteiger partial charge in [-0.1, -0.05) is 6.92 Å². The molecule has 0 bridgehead atoms. The van der Waals surface area contributed by atoms with Gasteiger partial charge in [-0.15, -0.1) is 0 Å². The first-order chi connectivity index (χ1) is 11.5. The Balaban J connectivity index is 1.50. The highest BCUT2D eigenvalue weighted by Gasteiger charge is 2.32. The Morgan fingerprint density at radius 1 is 1.17 bits per heavy atom. The van der Waals surface area contributed by atoms with Gasteiger partial charge in [-0.3, -0.25) is 9.59 Å². The second kappa shape index (κ2) is 6.57. The van der Waals surface area contributed by atoms with E-state index in [9.17, 15) is 14.4 Å². The van der Waals surface area contributed by atoms with Crippen LogP contribution in [0.15, 0.2) is 36.4 Å². The maximum atomic E-state index is 12.0.